The van der Waals surface area contributed by atoms with E-state index in [9.17, 15) is 4.79 Å². The molecule has 0 aromatic rings. The molecule has 1 saturated heterocycles. The maximum absolute atomic E-state index is 11.7. The Balaban J connectivity index is 2.25. The lowest BCUT2D eigenvalue weighted by atomic mass is 10.1. The topological polar surface area (TPSA) is 41.6 Å². The van der Waals surface area contributed by atoms with E-state index in [1.807, 2.05) is 18.9 Å². The number of piperidine rings is 1. The van der Waals surface area contributed by atoms with Crippen LogP contribution >= 0.6 is 0 Å². The number of nitrogens with one attached hydrogen (secondary N) is 1. The molecule has 1 fully saturated rings. The molecule has 1 aliphatic heterocycles. The Bertz CT molecular complexity index is 197. The second-order valence-corrected chi connectivity index (χ2v) is 4.02. The standard InChI is InChI=1S/C11H22N2O2/c1-3-7-15-9-11(14)13-6-4-5-10(8-13)12-2/h10,12H,3-9H2,1-2H3. The first-order valence-corrected chi connectivity index (χ1v) is 5.80. The number of carbonyl (C=O) groups is 1. The zero-order valence-corrected chi connectivity index (χ0v) is 9.79. The summed E-state index contributed by atoms with van der Waals surface area (Å²) in [5, 5.41) is 3.22. The van der Waals surface area contributed by atoms with E-state index in [2.05, 4.69) is 5.32 Å². The van der Waals surface area contributed by atoms with Gasteiger partial charge in [-0.2, -0.15) is 0 Å². The van der Waals surface area contributed by atoms with Crippen molar-refractivity contribution < 1.29 is 9.53 Å². The summed E-state index contributed by atoms with van der Waals surface area (Å²) in [6.07, 6.45) is 3.22. The molecule has 0 saturated carbocycles. The highest BCUT2D eigenvalue weighted by atomic mass is 16.5. The molecule has 1 atom stereocenters. The quantitative estimate of drug-likeness (QED) is 0.682. The SMILES string of the molecule is CCCOCC(=O)N1CCCC(NC)C1. The molecule has 15 heavy (non-hydrogen) atoms. The Morgan fingerprint density at radius 2 is 2.40 bits per heavy atom. The predicted octanol–water partition coefficient (Wildman–Crippen LogP) is 0.623. The third-order valence-electron chi connectivity index (χ3n) is 2.76. The van der Waals surface area contributed by atoms with Crippen LogP contribution in [0.1, 0.15) is 26.2 Å². The van der Waals surface area contributed by atoms with Gasteiger partial charge in [-0.15, -0.1) is 0 Å². The number of hydrogen-bond donors (Lipinski definition) is 1. The van der Waals surface area contributed by atoms with Crippen molar-refractivity contribution in [3.8, 4) is 0 Å². The number of likely N-dealkylation sites (tertiary alicyclic amines) is 1. The first-order valence-electron chi connectivity index (χ1n) is 5.80. The molecule has 1 unspecified atom stereocenters. The number of nitrogens with zero attached hydrogens (tertiary/aromatic N) is 1. The van der Waals surface area contributed by atoms with E-state index in [-0.39, 0.29) is 12.5 Å². The highest BCUT2D eigenvalue weighted by Gasteiger charge is 2.22. The molecule has 0 aromatic heterocycles. The number of rotatable bonds is 5. The van der Waals surface area contributed by atoms with Crippen LogP contribution in [0, 0.1) is 0 Å². The van der Waals surface area contributed by atoms with E-state index in [4.69, 9.17) is 4.74 Å². The van der Waals surface area contributed by atoms with Crippen molar-refractivity contribution in [2.75, 3.05) is 33.4 Å². The Labute approximate surface area is 92.0 Å². The van der Waals surface area contributed by atoms with Gasteiger partial charge in [0.15, 0.2) is 0 Å². The van der Waals surface area contributed by atoms with Crippen molar-refractivity contribution in [3.05, 3.63) is 0 Å². The van der Waals surface area contributed by atoms with Crippen LogP contribution < -0.4 is 5.32 Å². The number of ether oxygens (including phenoxy) is 1. The van der Waals surface area contributed by atoms with Gasteiger partial charge in [0, 0.05) is 25.7 Å². The van der Waals surface area contributed by atoms with Crippen LogP contribution in [-0.2, 0) is 9.53 Å². The first-order chi connectivity index (χ1) is 7.27. The summed E-state index contributed by atoms with van der Waals surface area (Å²) in [5.74, 6) is 0.128. The number of amides is 1. The predicted molar refractivity (Wildman–Crippen MR) is 59.8 cm³/mol. The van der Waals surface area contributed by atoms with Gasteiger partial charge in [-0.3, -0.25) is 4.79 Å². The molecule has 0 spiro atoms. The number of hydrogen-bond acceptors (Lipinski definition) is 3. The molecule has 88 valence electrons. The summed E-state index contributed by atoms with van der Waals surface area (Å²) in [6, 6.07) is 0.453. The molecule has 1 aliphatic rings. The second-order valence-electron chi connectivity index (χ2n) is 4.02. The Hall–Kier alpha value is -0.610. The monoisotopic (exact) mass is 214 g/mol. The fourth-order valence-electron chi connectivity index (χ4n) is 1.83. The van der Waals surface area contributed by atoms with E-state index in [1.165, 1.54) is 0 Å². The number of likely N-dealkylation sites (N-methyl/N-ethyl adjacent to an activating group) is 1. The van der Waals surface area contributed by atoms with Crippen LogP contribution in [0.25, 0.3) is 0 Å². The van der Waals surface area contributed by atoms with Crippen molar-refractivity contribution in [1.82, 2.24) is 10.2 Å². The molecule has 0 radical (unpaired) electrons. The maximum Gasteiger partial charge on any atom is 0.248 e. The zero-order valence-electron chi connectivity index (χ0n) is 9.79. The van der Waals surface area contributed by atoms with E-state index in [0.717, 1.165) is 32.4 Å². The fourth-order valence-corrected chi connectivity index (χ4v) is 1.83. The third-order valence-corrected chi connectivity index (χ3v) is 2.76. The maximum atomic E-state index is 11.7. The molecule has 1 N–H and O–H groups in total. The average molecular weight is 214 g/mol. The highest BCUT2D eigenvalue weighted by molar-refractivity contribution is 5.77. The molecule has 4 heteroatoms. The first kappa shape index (κ1) is 12.5. The van der Waals surface area contributed by atoms with Crippen LogP contribution in [0.4, 0.5) is 0 Å². The van der Waals surface area contributed by atoms with Gasteiger partial charge in [-0.25, -0.2) is 0 Å². The summed E-state index contributed by atoms with van der Waals surface area (Å²) in [4.78, 5) is 13.6. The smallest absolute Gasteiger partial charge is 0.248 e. The fraction of sp³-hybridized carbons (Fsp3) is 0.909. The summed E-state index contributed by atoms with van der Waals surface area (Å²) in [5.41, 5.74) is 0. The Kier molecular flexibility index (Phi) is 5.65. The molecular formula is C11H22N2O2. The van der Waals surface area contributed by atoms with E-state index < -0.39 is 0 Å². The summed E-state index contributed by atoms with van der Waals surface area (Å²) < 4.78 is 5.26. The van der Waals surface area contributed by atoms with Gasteiger partial charge >= 0.3 is 0 Å². The van der Waals surface area contributed by atoms with E-state index in [0.29, 0.717) is 12.6 Å². The Morgan fingerprint density at radius 3 is 3.07 bits per heavy atom. The van der Waals surface area contributed by atoms with Crippen LogP contribution in [0.15, 0.2) is 0 Å². The van der Waals surface area contributed by atoms with Gasteiger partial charge in [-0.1, -0.05) is 6.92 Å². The van der Waals surface area contributed by atoms with Crippen LogP contribution in [-0.4, -0.2) is 50.2 Å². The van der Waals surface area contributed by atoms with Crippen molar-refractivity contribution in [2.45, 2.75) is 32.2 Å². The molecule has 0 aromatic carbocycles. The van der Waals surface area contributed by atoms with Gasteiger partial charge in [0.25, 0.3) is 0 Å². The minimum Gasteiger partial charge on any atom is -0.372 e. The lowest BCUT2D eigenvalue weighted by Crippen LogP contribution is -2.48. The summed E-state index contributed by atoms with van der Waals surface area (Å²) in [6.45, 7) is 4.67. The second kappa shape index (κ2) is 6.80. The molecule has 1 heterocycles. The van der Waals surface area contributed by atoms with Crippen LogP contribution in [0.3, 0.4) is 0 Å². The van der Waals surface area contributed by atoms with Gasteiger partial charge in [-0.05, 0) is 26.3 Å². The zero-order chi connectivity index (χ0) is 11.1. The molecular weight excluding hydrogens is 192 g/mol. The molecule has 1 rings (SSSR count). The summed E-state index contributed by atoms with van der Waals surface area (Å²) in [7, 11) is 1.95. The molecule has 4 nitrogen and oxygen atoms in total. The number of carbonyl (C=O) groups excluding carboxylic acids is 1. The lowest BCUT2D eigenvalue weighted by molar-refractivity contribution is -0.137. The van der Waals surface area contributed by atoms with Gasteiger partial charge in [0.05, 0.1) is 0 Å². The van der Waals surface area contributed by atoms with Gasteiger partial charge < -0.3 is 15.0 Å². The highest BCUT2D eigenvalue weighted by Crippen LogP contribution is 2.09. The molecule has 1 amide bonds. The van der Waals surface area contributed by atoms with Gasteiger partial charge in [0.1, 0.15) is 6.61 Å². The normalized spacial score (nSPS) is 21.7. The molecule has 0 bridgehead atoms. The third kappa shape index (κ3) is 4.18. The largest absolute Gasteiger partial charge is 0.372 e. The van der Waals surface area contributed by atoms with Crippen molar-refractivity contribution in [1.29, 1.82) is 0 Å². The molecule has 0 aliphatic carbocycles. The minimum atomic E-state index is 0.128. The minimum absolute atomic E-state index is 0.128. The van der Waals surface area contributed by atoms with Crippen molar-refractivity contribution in [3.63, 3.8) is 0 Å². The summed E-state index contributed by atoms with van der Waals surface area (Å²) >= 11 is 0. The average Bonchev–Trinajstić information content (AvgIpc) is 2.29. The van der Waals surface area contributed by atoms with Gasteiger partial charge in [0.2, 0.25) is 5.91 Å². The van der Waals surface area contributed by atoms with Crippen LogP contribution in [0.2, 0.25) is 0 Å². The van der Waals surface area contributed by atoms with E-state index >= 15 is 0 Å². The van der Waals surface area contributed by atoms with E-state index in [1.54, 1.807) is 0 Å². The van der Waals surface area contributed by atoms with Crippen LogP contribution in [0.5, 0.6) is 0 Å². The lowest BCUT2D eigenvalue weighted by Gasteiger charge is -2.32. The van der Waals surface area contributed by atoms with Crippen molar-refractivity contribution >= 4 is 5.91 Å². The Morgan fingerprint density at radius 1 is 1.60 bits per heavy atom. The van der Waals surface area contributed by atoms with Crippen molar-refractivity contribution in [2.24, 2.45) is 0 Å².